The van der Waals surface area contributed by atoms with E-state index in [2.05, 4.69) is 39.9 Å². The summed E-state index contributed by atoms with van der Waals surface area (Å²) in [6.07, 6.45) is 0.972. The van der Waals surface area contributed by atoms with E-state index in [1.807, 2.05) is 7.05 Å². The molecule has 0 saturated carbocycles. The highest BCUT2D eigenvalue weighted by Gasteiger charge is 2.45. The van der Waals surface area contributed by atoms with Crippen LogP contribution in [0.1, 0.15) is 25.2 Å². The Morgan fingerprint density at radius 2 is 2.05 bits per heavy atom. The van der Waals surface area contributed by atoms with Gasteiger partial charge in [0, 0.05) is 37.4 Å². The van der Waals surface area contributed by atoms with Crippen LogP contribution in [0, 0.1) is 5.92 Å². The van der Waals surface area contributed by atoms with Crippen LogP contribution in [0.4, 0.5) is 0 Å². The molecule has 2 fully saturated rings. The zero-order valence-electron chi connectivity index (χ0n) is 13.6. The van der Waals surface area contributed by atoms with E-state index in [0.717, 1.165) is 37.4 Å². The molecule has 3 rings (SSSR count). The lowest BCUT2D eigenvalue weighted by Crippen LogP contribution is -2.57. The van der Waals surface area contributed by atoms with Crippen molar-refractivity contribution in [1.82, 2.24) is 20.0 Å². The zero-order valence-corrected chi connectivity index (χ0v) is 14.4. The lowest BCUT2D eigenvalue weighted by atomic mass is 10.0. The molecule has 2 aliphatic heterocycles. The standard InChI is InChI=1S/C15H26N4O2S/c1-11(2)6-12-7-13(17-16-12)8-19-5-4-18(3)14-9-22(20,21)10-15(14)19/h7,11,14-15H,4-6,8-10H2,1-3H3,(H,16,17)/t14-,15+/m0/s1. The van der Waals surface area contributed by atoms with Crippen molar-refractivity contribution in [2.45, 2.75) is 38.9 Å². The fourth-order valence-corrected chi connectivity index (χ4v) is 5.71. The molecule has 2 saturated heterocycles. The van der Waals surface area contributed by atoms with Crippen LogP contribution >= 0.6 is 0 Å². The maximum absolute atomic E-state index is 12.0. The first-order chi connectivity index (χ1) is 10.3. The van der Waals surface area contributed by atoms with E-state index in [1.165, 1.54) is 0 Å². The largest absolute Gasteiger partial charge is 0.300 e. The summed E-state index contributed by atoms with van der Waals surface area (Å²) in [6, 6.07) is 2.37. The molecule has 1 N–H and O–H groups in total. The van der Waals surface area contributed by atoms with Crippen molar-refractivity contribution in [1.29, 1.82) is 0 Å². The van der Waals surface area contributed by atoms with Gasteiger partial charge in [0.05, 0.1) is 17.2 Å². The Bertz CT molecular complexity index is 625. The van der Waals surface area contributed by atoms with Crippen LogP contribution in [0.5, 0.6) is 0 Å². The third-order valence-corrected chi connectivity index (χ3v) is 6.44. The number of piperazine rings is 1. The second-order valence-corrected chi connectivity index (χ2v) is 9.30. The van der Waals surface area contributed by atoms with Crippen molar-refractivity contribution < 1.29 is 8.42 Å². The minimum absolute atomic E-state index is 0.112. The maximum atomic E-state index is 12.0. The molecule has 0 radical (unpaired) electrons. The lowest BCUT2D eigenvalue weighted by Gasteiger charge is -2.42. The molecule has 0 amide bonds. The number of aromatic nitrogens is 2. The summed E-state index contributed by atoms with van der Waals surface area (Å²) in [5, 5.41) is 7.49. The number of H-pyrrole nitrogens is 1. The van der Waals surface area contributed by atoms with Crippen molar-refractivity contribution in [3.05, 3.63) is 17.5 Å². The third kappa shape index (κ3) is 3.36. The highest BCUT2D eigenvalue weighted by atomic mass is 32.2. The van der Waals surface area contributed by atoms with Gasteiger partial charge in [-0.15, -0.1) is 0 Å². The second kappa shape index (κ2) is 5.94. The van der Waals surface area contributed by atoms with Gasteiger partial charge in [0.2, 0.25) is 0 Å². The number of aromatic amines is 1. The summed E-state index contributed by atoms with van der Waals surface area (Å²) in [7, 11) is -0.872. The monoisotopic (exact) mass is 326 g/mol. The van der Waals surface area contributed by atoms with Crippen molar-refractivity contribution in [3.63, 3.8) is 0 Å². The first-order valence-electron chi connectivity index (χ1n) is 8.02. The summed E-state index contributed by atoms with van der Waals surface area (Å²) >= 11 is 0. The number of likely N-dealkylation sites (N-methyl/N-ethyl adjacent to an activating group) is 1. The Morgan fingerprint density at radius 3 is 2.77 bits per heavy atom. The van der Waals surface area contributed by atoms with Gasteiger partial charge >= 0.3 is 0 Å². The van der Waals surface area contributed by atoms with Crippen LogP contribution in [0.2, 0.25) is 0 Å². The van der Waals surface area contributed by atoms with E-state index in [1.54, 1.807) is 0 Å². The van der Waals surface area contributed by atoms with E-state index in [4.69, 9.17) is 0 Å². The number of nitrogens with one attached hydrogen (secondary N) is 1. The first-order valence-corrected chi connectivity index (χ1v) is 9.84. The van der Waals surface area contributed by atoms with Gasteiger partial charge in [0.25, 0.3) is 0 Å². The van der Waals surface area contributed by atoms with Crippen LogP contribution in [-0.2, 0) is 22.8 Å². The number of hydrogen-bond donors (Lipinski definition) is 1. The lowest BCUT2D eigenvalue weighted by molar-refractivity contribution is 0.0564. The highest BCUT2D eigenvalue weighted by Crippen LogP contribution is 2.27. The van der Waals surface area contributed by atoms with Crippen LogP contribution in [0.3, 0.4) is 0 Å². The van der Waals surface area contributed by atoms with E-state index < -0.39 is 9.84 Å². The molecule has 0 unspecified atom stereocenters. The number of rotatable bonds is 4. The Morgan fingerprint density at radius 1 is 1.32 bits per heavy atom. The minimum atomic E-state index is -2.91. The Kier molecular flexibility index (Phi) is 4.31. The topological polar surface area (TPSA) is 69.3 Å². The molecule has 6 nitrogen and oxygen atoms in total. The van der Waals surface area contributed by atoms with Gasteiger partial charge in [-0.3, -0.25) is 14.9 Å². The molecule has 0 aliphatic carbocycles. The SMILES string of the molecule is CC(C)Cc1cc(CN2CCN(C)[C@H]3CS(=O)(=O)C[C@H]32)[nH]n1. The molecule has 3 heterocycles. The number of fused-ring (bicyclic) bond motifs is 1. The molecule has 124 valence electrons. The quantitative estimate of drug-likeness (QED) is 0.874. The molecule has 2 aliphatic rings. The van der Waals surface area contributed by atoms with Crippen molar-refractivity contribution >= 4 is 9.84 Å². The fourth-order valence-electron chi connectivity index (χ4n) is 3.63. The minimum Gasteiger partial charge on any atom is -0.300 e. The molecule has 22 heavy (non-hydrogen) atoms. The first kappa shape index (κ1) is 16.0. The highest BCUT2D eigenvalue weighted by molar-refractivity contribution is 7.91. The van der Waals surface area contributed by atoms with Gasteiger partial charge in [0.1, 0.15) is 0 Å². The van der Waals surface area contributed by atoms with E-state index in [0.29, 0.717) is 11.7 Å². The third-order valence-electron chi connectivity index (χ3n) is 4.74. The normalized spacial score (nSPS) is 29.1. The summed E-state index contributed by atoms with van der Waals surface area (Å²) < 4.78 is 24.0. The van der Waals surface area contributed by atoms with Crippen molar-refractivity contribution in [2.75, 3.05) is 31.6 Å². The predicted octanol–water partition coefficient (Wildman–Crippen LogP) is 0.521. The Hall–Kier alpha value is -0.920. The molecule has 1 aromatic rings. The van der Waals surface area contributed by atoms with Gasteiger partial charge < -0.3 is 0 Å². The van der Waals surface area contributed by atoms with Gasteiger partial charge in [-0.1, -0.05) is 13.8 Å². The Balaban J connectivity index is 1.71. The number of nitrogens with zero attached hydrogens (tertiary/aromatic N) is 3. The molecule has 1 aromatic heterocycles. The molecule has 2 atom stereocenters. The van der Waals surface area contributed by atoms with Crippen molar-refractivity contribution in [2.24, 2.45) is 5.92 Å². The van der Waals surface area contributed by atoms with Crippen molar-refractivity contribution in [3.8, 4) is 0 Å². The van der Waals surface area contributed by atoms with Gasteiger partial charge in [-0.2, -0.15) is 5.10 Å². The summed E-state index contributed by atoms with van der Waals surface area (Å²) in [5.74, 6) is 1.17. The number of hydrogen-bond acceptors (Lipinski definition) is 5. The van der Waals surface area contributed by atoms with Crippen LogP contribution < -0.4 is 0 Å². The van der Waals surface area contributed by atoms with Gasteiger partial charge in [-0.05, 0) is 25.5 Å². The van der Waals surface area contributed by atoms with Gasteiger partial charge in [-0.25, -0.2) is 8.42 Å². The predicted molar refractivity (Wildman–Crippen MR) is 86.4 cm³/mol. The molecular formula is C15H26N4O2S. The van der Waals surface area contributed by atoms with Crippen LogP contribution in [-0.4, -0.2) is 72.1 Å². The molecule has 0 aromatic carbocycles. The van der Waals surface area contributed by atoms with Crippen LogP contribution in [0.25, 0.3) is 0 Å². The molecule has 7 heteroatoms. The Labute approximate surface area is 132 Å². The summed E-state index contributed by atoms with van der Waals surface area (Å²) in [6.45, 7) is 6.95. The summed E-state index contributed by atoms with van der Waals surface area (Å²) in [5.41, 5.74) is 2.18. The van der Waals surface area contributed by atoms with E-state index in [-0.39, 0.29) is 17.8 Å². The van der Waals surface area contributed by atoms with E-state index in [9.17, 15) is 8.42 Å². The van der Waals surface area contributed by atoms with Crippen LogP contribution in [0.15, 0.2) is 6.07 Å². The smallest absolute Gasteiger partial charge is 0.153 e. The molecule has 0 spiro atoms. The maximum Gasteiger partial charge on any atom is 0.153 e. The molecule has 0 bridgehead atoms. The number of sulfone groups is 1. The zero-order chi connectivity index (χ0) is 15.9. The van der Waals surface area contributed by atoms with E-state index >= 15 is 0 Å². The fraction of sp³-hybridized carbons (Fsp3) is 0.800. The average molecular weight is 326 g/mol. The second-order valence-electron chi connectivity index (χ2n) is 7.15. The summed E-state index contributed by atoms with van der Waals surface area (Å²) in [4.78, 5) is 4.50. The van der Waals surface area contributed by atoms with Gasteiger partial charge in [0.15, 0.2) is 9.84 Å². The molecular weight excluding hydrogens is 300 g/mol. The average Bonchev–Trinajstić information content (AvgIpc) is 2.96.